The summed E-state index contributed by atoms with van der Waals surface area (Å²) in [6.45, 7) is 0. The number of rotatable bonds is 5. The third-order valence-corrected chi connectivity index (χ3v) is 4.50. The normalized spacial score (nSPS) is 10.6. The lowest BCUT2D eigenvalue weighted by Gasteiger charge is -2.08. The van der Waals surface area contributed by atoms with Crippen molar-refractivity contribution in [2.75, 3.05) is 0 Å². The van der Waals surface area contributed by atoms with Crippen molar-refractivity contribution in [1.29, 1.82) is 0 Å². The van der Waals surface area contributed by atoms with Gasteiger partial charge in [0.15, 0.2) is 0 Å². The molecule has 0 aliphatic rings. The average Bonchev–Trinajstić information content (AvgIpc) is 2.70. The van der Waals surface area contributed by atoms with Crippen molar-refractivity contribution in [2.24, 2.45) is 5.10 Å². The van der Waals surface area contributed by atoms with Crippen LogP contribution in [0.5, 0.6) is 5.75 Å². The van der Waals surface area contributed by atoms with Gasteiger partial charge in [-0.15, -0.1) is 0 Å². The molecule has 0 unspecified atom stereocenters. The topological polar surface area (TPSA) is 67.8 Å². The SMILES string of the molecule is O=C(Oc1ccc(Br)cc1/C=N\NC(=O)c1ccccc1Cl)c1ccccc1. The number of nitrogens with one attached hydrogen (secondary N) is 1. The lowest BCUT2D eigenvalue weighted by molar-refractivity contribution is 0.0734. The van der Waals surface area contributed by atoms with Crippen molar-refractivity contribution in [3.8, 4) is 5.75 Å². The van der Waals surface area contributed by atoms with E-state index in [2.05, 4.69) is 26.5 Å². The van der Waals surface area contributed by atoms with Crippen molar-refractivity contribution in [3.05, 3.63) is 99.0 Å². The number of hydrogen-bond acceptors (Lipinski definition) is 4. The molecule has 0 aromatic heterocycles. The van der Waals surface area contributed by atoms with Crippen LogP contribution in [0.25, 0.3) is 0 Å². The zero-order valence-corrected chi connectivity index (χ0v) is 16.8. The largest absolute Gasteiger partial charge is 0.422 e. The highest BCUT2D eigenvalue weighted by atomic mass is 79.9. The van der Waals surface area contributed by atoms with Crippen LogP contribution in [0.1, 0.15) is 26.3 Å². The molecular weight excluding hydrogens is 444 g/mol. The first-order chi connectivity index (χ1) is 13.5. The van der Waals surface area contributed by atoms with Crippen molar-refractivity contribution < 1.29 is 14.3 Å². The second kappa shape index (κ2) is 9.30. The molecule has 0 spiro atoms. The van der Waals surface area contributed by atoms with Gasteiger partial charge in [-0.2, -0.15) is 5.10 Å². The highest BCUT2D eigenvalue weighted by Gasteiger charge is 2.12. The summed E-state index contributed by atoms with van der Waals surface area (Å²) in [7, 11) is 0. The number of amides is 1. The summed E-state index contributed by atoms with van der Waals surface area (Å²) in [6.07, 6.45) is 1.40. The highest BCUT2D eigenvalue weighted by molar-refractivity contribution is 9.10. The Bertz CT molecular complexity index is 1040. The van der Waals surface area contributed by atoms with Crippen LogP contribution in [0.3, 0.4) is 0 Å². The van der Waals surface area contributed by atoms with E-state index in [9.17, 15) is 9.59 Å². The summed E-state index contributed by atoms with van der Waals surface area (Å²) in [5.41, 5.74) is 3.66. The first-order valence-electron chi connectivity index (χ1n) is 8.19. The summed E-state index contributed by atoms with van der Waals surface area (Å²) in [5, 5.41) is 4.27. The van der Waals surface area contributed by atoms with E-state index in [1.54, 1.807) is 66.7 Å². The predicted octanol–water partition coefficient (Wildman–Crippen LogP) is 5.09. The molecule has 0 bridgehead atoms. The summed E-state index contributed by atoms with van der Waals surface area (Å²) in [5.74, 6) is -0.620. The number of hydrazone groups is 1. The molecule has 3 aromatic rings. The molecule has 28 heavy (non-hydrogen) atoms. The number of ether oxygens (including phenoxy) is 1. The zero-order valence-electron chi connectivity index (χ0n) is 14.4. The maximum Gasteiger partial charge on any atom is 0.343 e. The lowest BCUT2D eigenvalue weighted by atomic mass is 10.2. The van der Waals surface area contributed by atoms with Gasteiger partial charge in [0.1, 0.15) is 5.75 Å². The number of halogens is 2. The number of nitrogens with zero attached hydrogens (tertiary/aromatic N) is 1. The molecule has 1 amide bonds. The third-order valence-electron chi connectivity index (χ3n) is 3.67. The number of benzene rings is 3. The quantitative estimate of drug-likeness (QED) is 0.251. The first-order valence-corrected chi connectivity index (χ1v) is 9.36. The van der Waals surface area contributed by atoms with Crippen LogP contribution in [-0.4, -0.2) is 18.1 Å². The van der Waals surface area contributed by atoms with E-state index in [1.165, 1.54) is 6.21 Å². The fourth-order valence-corrected chi connectivity index (χ4v) is 2.91. The van der Waals surface area contributed by atoms with Gasteiger partial charge in [0.25, 0.3) is 5.91 Å². The number of esters is 1. The number of carbonyl (C=O) groups is 2. The molecule has 0 saturated carbocycles. The molecular formula is C21H14BrClN2O3. The molecule has 0 atom stereocenters. The second-order valence-corrected chi connectivity index (χ2v) is 6.94. The maximum atomic E-state index is 12.3. The predicted molar refractivity (Wildman–Crippen MR) is 112 cm³/mol. The van der Waals surface area contributed by atoms with E-state index in [0.29, 0.717) is 27.5 Å². The van der Waals surface area contributed by atoms with Crippen LogP contribution in [0.4, 0.5) is 0 Å². The lowest BCUT2D eigenvalue weighted by Crippen LogP contribution is -2.18. The van der Waals surface area contributed by atoms with Crippen LogP contribution in [0.2, 0.25) is 5.02 Å². The Labute approximate surface area is 175 Å². The number of hydrogen-bond donors (Lipinski definition) is 1. The van der Waals surface area contributed by atoms with Crippen LogP contribution in [-0.2, 0) is 0 Å². The van der Waals surface area contributed by atoms with Crippen molar-refractivity contribution in [3.63, 3.8) is 0 Å². The molecule has 0 aliphatic heterocycles. The minimum absolute atomic E-state index is 0.311. The molecule has 0 fully saturated rings. The van der Waals surface area contributed by atoms with Crippen molar-refractivity contribution in [1.82, 2.24) is 5.43 Å². The Morgan fingerprint density at radius 3 is 2.46 bits per heavy atom. The fraction of sp³-hybridized carbons (Fsp3) is 0. The summed E-state index contributed by atoms with van der Waals surface area (Å²) < 4.78 is 6.23. The van der Waals surface area contributed by atoms with Gasteiger partial charge in [-0.3, -0.25) is 4.79 Å². The molecule has 140 valence electrons. The van der Waals surface area contributed by atoms with Crippen LogP contribution in [0, 0.1) is 0 Å². The van der Waals surface area contributed by atoms with Gasteiger partial charge in [0.2, 0.25) is 0 Å². The molecule has 3 aromatic carbocycles. The smallest absolute Gasteiger partial charge is 0.343 e. The van der Waals surface area contributed by atoms with E-state index >= 15 is 0 Å². The summed E-state index contributed by atoms with van der Waals surface area (Å²) >= 11 is 9.37. The monoisotopic (exact) mass is 456 g/mol. The zero-order chi connectivity index (χ0) is 19.9. The second-order valence-electron chi connectivity index (χ2n) is 5.62. The van der Waals surface area contributed by atoms with Crippen LogP contribution >= 0.6 is 27.5 Å². The van der Waals surface area contributed by atoms with E-state index in [1.807, 2.05) is 6.07 Å². The van der Waals surface area contributed by atoms with Gasteiger partial charge in [0, 0.05) is 10.0 Å². The Balaban J connectivity index is 1.75. The van der Waals surface area contributed by atoms with Gasteiger partial charge in [0.05, 0.1) is 22.4 Å². The van der Waals surface area contributed by atoms with Gasteiger partial charge < -0.3 is 4.74 Å². The van der Waals surface area contributed by atoms with Gasteiger partial charge in [-0.05, 0) is 42.5 Å². The van der Waals surface area contributed by atoms with E-state index in [-0.39, 0.29) is 0 Å². The fourth-order valence-electron chi connectivity index (χ4n) is 2.31. The molecule has 0 radical (unpaired) electrons. The molecule has 0 saturated heterocycles. The molecule has 0 heterocycles. The van der Waals surface area contributed by atoms with E-state index in [0.717, 1.165) is 4.47 Å². The standard InChI is InChI=1S/C21H14BrClN2O3/c22-16-10-11-19(28-21(27)14-6-2-1-3-7-14)15(12-16)13-24-25-20(26)17-8-4-5-9-18(17)23/h1-13H,(H,25,26)/b24-13-. The highest BCUT2D eigenvalue weighted by Crippen LogP contribution is 2.23. The molecule has 1 N–H and O–H groups in total. The Morgan fingerprint density at radius 1 is 1.00 bits per heavy atom. The Kier molecular flexibility index (Phi) is 6.57. The van der Waals surface area contributed by atoms with E-state index in [4.69, 9.17) is 16.3 Å². The van der Waals surface area contributed by atoms with Crippen LogP contribution in [0.15, 0.2) is 82.4 Å². The molecule has 3 rings (SSSR count). The van der Waals surface area contributed by atoms with Crippen molar-refractivity contribution >= 4 is 45.6 Å². The van der Waals surface area contributed by atoms with Crippen molar-refractivity contribution in [2.45, 2.75) is 0 Å². The Morgan fingerprint density at radius 2 is 1.71 bits per heavy atom. The van der Waals surface area contributed by atoms with E-state index < -0.39 is 11.9 Å². The molecule has 0 aliphatic carbocycles. The Hall–Kier alpha value is -2.96. The molecule has 5 nitrogen and oxygen atoms in total. The van der Waals surface area contributed by atoms with Gasteiger partial charge in [-0.1, -0.05) is 57.9 Å². The minimum atomic E-state index is -0.488. The minimum Gasteiger partial charge on any atom is -0.422 e. The van der Waals surface area contributed by atoms with Crippen LogP contribution < -0.4 is 10.2 Å². The molecule has 7 heteroatoms. The average molecular weight is 458 g/mol. The third kappa shape index (κ3) is 5.06. The van der Waals surface area contributed by atoms with Gasteiger partial charge in [-0.25, -0.2) is 10.2 Å². The summed E-state index contributed by atoms with van der Waals surface area (Å²) in [6, 6.07) is 20.4. The summed E-state index contributed by atoms with van der Waals surface area (Å²) in [4.78, 5) is 24.5. The van der Waals surface area contributed by atoms with Gasteiger partial charge >= 0.3 is 5.97 Å². The maximum absolute atomic E-state index is 12.3. The first kappa shape index (κ1) is 19.8. The number of carbonyl (C=O) groups excluding carboxylic acids is 2.